The zero-order chi connectivity index (χ0) is 23.2. The van der Waals surface area contributed by atoms with E-state index in [0.717, 1.165) is 32.1 Å². The van der Waals surface area contributed by atoms with Crippen molar-refractivity contribution in [1.82, 2.24) is 15.3 Å². The number of benzene rings is 2. The maximum Gasteiger partial charge on any atom is 0.279 e. The third-order valence-corrected chi connectivity index (χ3v) is 6.08. The average molecular weight is 467 g/mol. The minimum absolute atomic E-state index is 0.0221. The van der Waals surface area contributed by atoms with Crippen molar-refractivity contribution in [3.05, 3.63) is 89.2 Å². The molecule has 170 valence electrons. The van der Waals surface area contributed by atoms with Gasteiger partial charge in [-0.05, 0) is 42.7 Å². The Balaban J connectivity index is 1.81. The van der Waals surface area contributed by atoms with Gasteiger partial charge in [-0.3, -0.25) is 19.5 Å². The third kappa shape index (κ3) is 5.37. The van der Waals surface area contributed by atoms with Gasteiger partial charge in [-0.1, -0.05) is 55.1 Å². The van der Waals surface area contributed by atoms with Gasteiger partial charge in [-0.25, -0.2) is 9.37 Å². The van der Waals surface area contributed by atoms with Crippen LogP contribution in [0, 0.1) is 5.82 Å². The van der Waals surface area contributed by atoms with Crippen LogP contribution in [0.25, 0.3) is 0 Å². The van der Waals surface area contributed by atoms with Gasteiger partial charge in [-0.15, -0.1) is 0 Å². The van der Waals surface area contributed by atoms with Gasteiger partial charge in [0.2, 0.25) is 5.91 Å². The van der Waals surface area contributed by atoms with Crippen molar-refractivity contribution in [2.45, 2.75) is 44.2 Å². The second kappa shape index (κ2) is 10.5. The zero-order valence-electron chi connectivity index (χ0n) is 18.0. The number of aromatic nitrogens is 2. The molecule has 1 aromatic heterocycles. The molecule has 0 spiro atoms. The first-order chi connectivity index (χ1) is 16.0. The SMILES string of the molecule is O=C(NC1CCCCC1)[C@H](c1ccc(F)cc1)N(C(=O)c1cnccn1)c1ccccc1Cl. The number of carbonyl (C=O) groups is 2. The second-order valence-corrected chi connectivity index (χ2v) is 8.42. The number of hydrogen-bond donors (Lipinski definition) is 1. The molecule has 0 bridgehead atoms. The summed E-state index contributed by atoms with van der Waals surface area (Å²) < 4.78 is 13.7. The lowest BCUT2D eigenvalue weighted by Gasteiger charge is -2.33. The first-order valence-electron chi connectivity index (χ1n) is 10.9. The molecular weight excluding hydrogens is 443 g/mol. The van der Waals surface area contributed by atoms with Gasteiger partial charge in [0.05, 0.1) is 16.9 Å². The molecule has 0 radical (unpaired) electrons. The van der Waals surface area contributed by atoms with Crippen molar-refractivity contribution in [3.63, 3.8) is 0 Å². The Bertz CT molecular complexity index is 1100. The van der Waals surface area contributed by atoms with E-state index in [1.807, 2.05) is 0 Å². The highest BCUT2D eigenvalue weighted by Gasteiger charge is 2.36. The highest BCUT2D eigenvalue weighted by atomic mass is 35.5. The van der Waals surface area contributed by atoms with Gasteiger partial charge in [0, 0.05) is 18.4 Å². The molecule has 1 fully saturated rings. The minimum Gasteiger partial charge on any atom is -0.351 e. The minimum atomic E-state index is -1.08. The van der Waals surface area contributed by atoms with Gasteiger partial charge in [0.25, 0.3) is 5.91 Å². The summed E-state index contributed by atoms with van der Waals surface area (Å²) in [6, 6.07) is 11.3. The van der Waals surface area contributed by atoms with Gasteiger partial charge in [-0.2, -0.15) is 0 Å². The van der Waals surface area contributed by atoms with Crippen molar-refractivity contribution in [1.29, 1.82) is 0 Å². The number of para-hydroxylation sites is 1. The van der Waals surface area contributed by atoms with E-state index in [4.69, 9.17) is 11.6 Å². The van der Waals surface area contributed by atoms with Gasteiger partial charge < -0.3 is 5.32 Å². The molecule has 1 aliphatic carbocycles. The predicted octanol–water partition coefficient (Wildman–Crippen LogP) is 5.11. The lowest BCUT2D eigenvalue weighted by molar-refractivity contribution is -0.123. The van der Waals surface area contributed by atoms with Crippen LogP contribution in [0.2, 0.25) is 5.02 Å². The van der Waals surface area contributed by atoms with Crippen LogP contribution in [0.1, 0.15) is 54.2 Å². The molecule has 3 aromatic rings. The first kappa shape index (κ1) is 22.9. The summed E-state index contributed by atoms with van der Waals surface area (Å²) in [5.41, 5.74) is 0.875. The van der Waals surface area contributed by atoms with Crippen LogP contribution in [0.5, 0.6) is 0 Å². The van der Waals surface area contributed by atoms with E-state index in [0.29, 0.717) is 16.3 Å². The smallest absolute Gasteiger partial charge is 0.279 e. The van der Waals surface area contributed by atoms with Crippen LogP contribution in [-0.4, -0.2) is 27.8 Å². The molecule has 0 saturated heterocycles. The van der Waals surface area contributed by atoms with E-state index in [2.05, 4.69) is 15.3 Å². The van der Waals surface area contributed by atoms with Crippen molar-refractivity contribution in [3.8, 4) is 0 Å². The number of rotatable bonds is 6. The molecule has 33 heavy (non-hydrogen) atoms. The van der Waals surface area contributed by atoms with Gasteiger partial charge in [0.1, 0.15) is 17.6 Å². The number of carbonyl (C=O) groups excluding carboxylic acids is 2. The van der Waals surface area contributed by atoms with Crippen LogP contribution < -0.4 is 10.2 Å². The molecule has 1 saturated carbocycles. The third-order valence-electron chi connectivity index (χ3n) is 5.76. The molecule has 0 aliphatic heterocycles. The highest BCUT2D eigenvalue weighted by Crippen LogP contribution is 2.34. The van der Waals surface area contributed by atoms with E-state index in [1.165, 1.54) is 47.8 Å². The fourth-order valence-corrected chi connectivity index (χ4v) is 4.36. The number of halogens is 2. The zero-order valence-corrected chi connectivity index (χ0v) is 18.7. The molecule has 1 aliphatic rings. The summed E-state index contributed by atoms with van der Waals surface area (Å²) in [5, 5.41) is 3.40. The summed E-state index contributed by atoms with van der Waals surface area (Å²) in [6.45, 7) is 0. The van der Waals surface area contributed by atoms with Crippen LogP contribution >= 0.6 is 11.6 Å². The van der Waals surface area contributed by atoms with Crippen molar-refractivity contribution >= 4 is 29.1 Å². The summed E-state index contributed by atoms with van der Waals surface area (Å²) in [6.07, 6.45) is 9.20. The van der Waals surface area contributed by atoms with E-state index in [9.17, 15) is 14.0 Å². The van der Waals surface area contributed by atoms with Crippen LogP contribution in [0.4, 0.5) is 10.1 Å². The van der Waals surface area contributed by atoms with Crippen molar-refractivity contribution in [2.24, 2.45) is 0 Å². The van der Waals surface area contributed by atoms with Crippen LogP contribution in [0.3, 0.4) is 0 Å². The number of nitrogens with zero attached hydrogens (tertiary/aromatic N) is 3. The maximum absolute atomic E-state index is 13.7. The molecule has 0 unspecified atom stereocenters. The summed E-state index contributed by atoms with van der Waals surface area (Å²) >= 11 is 6.48. The lowest BCUT2D eigenvalue weighted by atomic mass is 9.94. The first-order valence-corrected chi connectivity index (χ1v) is 11.3. The molecule has 1 atom stereocenters. The number of anilines is 1. The van der Waals surface area contributed by atoms with Crippen LogP contribution in [0.15, 0.2) is 67.1 Å². The normalized spacial score (nSPS) is 15.0. The molecule has 1 N–H and O–H groups in total. The Morgan fingerprint density at radius 3 is 2.42 bits per heavy atom. The summed E-state index contributed by atoms with van der Waals surface area (Å²) in [7, 11) is 0. The Morgan fingerprint density at radius 1 is 1.03 bits per heavy atom. The standard InChI is InChI=1S/C25H24ClFN4O2/c26-20-8-4-5-9-22(20)31(25(33)21-16-28-14-15-29-21)23(17-10-12-18(27)13-11-17)24(32)30-19-6-2-1-3-7-19/h4-5,8-16,19,23H,1-3,6-7H2,(H,30,32)/t23-/m0/s1. The Kier molecular flexibility index (Phi) is 7.29. The predicted molar refractivity (Wildman–Crippen MR) is 124 cm³/mol. The molecule has 4 rings (SSSR count). The van der Waals surface area contributed by atoms with E-state index in [-0.39, 0.29) is 17.6 Å². The highest BCUT2D eigenvalue weighted by molar-refractivity contribution is 6.34. The summed E-state index contributed by atoms with van der Waals surface area (Å²) in [5.74, 6) is -1.33. The molecule has 2 aromatic carbocycles. The number of nitrogens with one attached hydrogen (secondary N) is 1. The van der Waals surface area contributed by atoms with E-state index in [1.54, 1.807) is 24.3 Å². The number of amides is 2. The molecule has 1 heterocycles. The largest absolute Gasteiger partial charge is 0.351 e. The topological polar surface area (TPSA) is 75.2 Å². The van der Waals surface area contributed by atoms with Gasteiger partial charge in [0.15, 0.2) is 0 Å². The molecule has 8 heteroatoms. The second-order valence-electron chi connectivity index (χ2n) is 8.01. The Morgan fingerprint density at radius 2 is 1.76 bits per heavy atom. The van der Waals surface area contributed by atoms with Gasteiger partial charge >= 0.3 is 0 Å². The maximum atomic E-state index is 13.7. The van der Waals surface area contributed by atoms with Crippen molar-refractivity contribution < 1.29 is 14.0 Å². The average Bonchev–Trinajstić information content (AvgIpc) is 2.84. The Hall–Kier alpha value is -3.32. The number of hydrogen-bond acceptors (Lipinski definition) is 4. The molecular formula is C25H24ClFN4O2. The monoisotopic (exact) mass is 466 g/mol. The fourth-order valence-electron chi connectivity index (χ4n) is 4.14. The molecule has 2 amide bonds. The fraction of sp³-hybridized carbons (Fsp3) is 0.280. The quantitative estimate of drug-likeness (QED) is 0.548. The van der Waals surface area contributed by atoms with E-state index >= 15 is 0 Å². The van der Waals surface area contributed by atoms with Crippen molar-refractivity contribution in [2.75, 3.05) is 4.90 Å². The van der Waals surface area contributed by atoms with Crippen LogP contribution in [-0.2, 0) is 4.79 Å². The molecule has 6 nitrogen and oxygen atoms in total. The lowest BCUT2D eigenvalue weighted by Crippen LogP contribution is -2.47. The Labute approximate surface area is 196 Å². The van der Waals surface area contributed by atoms with E-state index < -0.39 is 17.8 Å². The summed E-state index contributed by atoms with van der Waals surface area (Å²) in [4.78, 5) is 36.8.